The number of nitrogens with one attached hydrogen (secondary N) is 1. The molecule has 1 aromatic rings. The average molecular weight is 284 g/mol. The molecular weight excluding hydrogens is 266 g/mol. The maximum Gasteiger partial charge on any atom is 0.223 e. The molecule has 0 saturated heterocycles. The van der Waals surface area contributed by atoms with Gasteiger partial charge in [-0.1, -0.05) is 13.8 Å². The Balaban J connectivity index is 2.72. The standard InChI is InChI=1S/C14H18F2N2O2/c1-9(2)14(20)17-6-7-18(10(3)19)11-4-5-12(15)13(16)8-11/h4-5,8-9H,6-7H2,1-3H3,(H,17,20). The van der Waals surface area contributed by atoms with Gasteiger partial charge >= 0.3 is 0 Å². The molecule has 0 atom stereocenters. The van der Waals surface area contributed by atoms with E-state index in [1.54, 1.807) is 13.8 Å². The van der Waals surface area contributed by atoms with Crippen LogP contribution in [0.25, 0.3) is 0 Å². The van der Waals surface area contributed by atoms with E-state index in [0.29, 0.717) is 0 Å². The van der Waals surface area contributed by atoms with Gasteiger partial charge in [0.15, 0.2) is 11.6 Å². The fraction of sp³-hybridized carbons (Fsp3) is 0.429. The molecule has 0 aromatic heterocycles. The summed E-state index contributed by atoms with van der Waals surface area (Å²) in [5.41, 5.74) is 0.259. The second-order valence-electron chi connectivity index (χ2n) is 4.71. The summed E-state index contributed by atoms with van der Waals surface area (Å²) in [4.78, 5) is 24.2. The Bertz CT molecular complexity index is 504. The van der Waals surface area contributed by atoms with E-state index in [1.165, 1.54) is 17.9 Å². The molecule has 1 rings (SSSR count). The first-order valence-electron chi connectivity index (χ1n) is 6.33. The summed E-state index contributed by atoms with van der Waals surface area (Å²) in [6.07, 6.45) is 0. The zero-order valence-electron chi connectivity index (χ0n) is 11.7. The number of hydrogen-bond donors (Lipinski definition) is 1. The van der Waals surface area contributed by atoms with Gasteiger partial charge in [-0.25, -0.2) is 8.78 Å². The summed E-state index contributed by atoms with van der Waals surface area (Å²) in [6, 6.07) is 3.25. The molecule has 0 heterocycles. The molecule has 0 spiro atoms. The van der Waals surface area contributed by atoms with Crippen LogP contribution in [0.4, 0.5) is 14.5 Å². The zero-order valence-corrected chi connectivity index (χ0v) is 11.7. The fourth-order valence-corrected chi connectivity index (χ4v) is 1.62. The fourth-order valence-electron chi connectivity index (χ4n) is 1.62. The molecule has 0 bridgehead atoms. The van der Waals surface area contributed by atoms with Gasteiger partial charge in [0, 0.05) is 37.7 Å². The third kappa shape index (κ3) is 4.29. The van der Waals surface area contributed by atoms with Crippen LogP contribution in [0.1, 0.15) is 20.8 Å². The molecule has 2 amide bonds. The summed E-state index contributed by atoms with van der Waals surface area (Å²) in [5.74, 6) is -2.57. The third-order valence-electron chi connectivity index (χ3n) is 2.75. The van der Waals surface area contributed by atoms with E-state index in [-0.39, 0.29) is 36.5 Å². The molecule has 0 aliphatic heterocycles. The summed E-state index contributed by atoms with van der Waals surface area (Å²) >= 11 is 0. The molecule has 0 aliphatic carbocycles. The quantitative estimate of drug-likeness (QED) is 0.900. The Hall–Kier alpha value is -1.98. The van der Waals surface area contributed by atoms with Crippen molar-refractivity contribution in [3.8, 4) is 0 Å². The monoisotopic (exact) mass is 284 g/mol. The van der Waals surface area contributed by atoms with Crippen molar-refractivity contribution in [3.63, 3.8) is 0 Å². The minimum absolute atomic E-state index is 0.126. The van der Waals surface area contributed by atoms with Gasteiger partial charge < -0.3 is 10.2 Å². The van der Waals surface area contributed by atoms with Crippen molar-refractivity contribution in [2.75, 3.05) is 18.0 Å². The highest BCUT2D eigenvalue weighted by molar-refractivity contribution is 5.91. The molecule has 0 radical (unpaired) electrons. The first kappa shape index (κ1) is 16.1. The SMILES string of the molecule is CC(=O)N(CCNC(=O)C(C)C)c1ccc(F)c(F)c1. The highest BCUT2D eigenvalue weighted by Gasteiger charge is 2.14. The number of nitrogens with zero attached hydrogens (tertiary/aromatic N) is 1. The molecule has 0 aliphatic rings. The Kier molecular flexibility index (Phi) is 5.61. The predicted octanol–water partition coefficient (Wildman–Crippen LogP) is 2.09. The summed E-state index contributed by atoms with van der Waals surface area (Å²) in [7, 11) is 0. The van der Waals surface area contributed by atoms with Crippen LogP contribution in [0.5, 0.6) is 0 Å². The highest BCUT2D eigenvalue weighted by atomic mass is 19.2. The second kappa shape index (κ2) is 6.98. The summed E-state index contributed by atoms with van der Waals surface area (Å²) < 4.78 is 26.1. The lowest BCUT2D eigenvalue weighted by Crippen LogP contribution is -2.38. The maximum absolute atomic E-state index is 13.2. The Morgan fingerprint density at radius 3 is 2.40 bits per heavy atom. The van der Waals surface area contributed by atoms with Crippen LogP contribution in [0, 0.1) is 17.6 Å². The molecule has 1 aromatic carbocycles. The lowest BCUT2D eigenvalue weighted by atomic mass is 10.2. The molecule has 20 heavy (non-hydrogen) atoms. The van der Waals surface area contributed by atoms with E-state index >= 15 is 0 Å². The van der Waals surface area contributed by atoms with Crippen LogP contribution in [0.2, 0.25) is 0 Å². The Morgan fingerprint density at radius 1 is 1.25 bits per heavy atom. The number of amides is 2. The number of halogens is 2. The van der Waals surface area contributed by atoms with Gasteiger partial charge in [0.05, 0.1) is 0 Å². The number of hydrogen-bond acceptors (Lipinski definition) is 2. The van der Waals surface area contributed by atoms with E-state index in [2.05, 4.69) is 5.32 Å². The number of benzene rings is 1. The predicted molar refractivity (Wildman–Crippen MR) is 72.2 cm³/mol. The zero-order chi connectivity index (χ0) is 15.3. The van der Waals surface area contributed by atoms with Gasteiger partial charge in [-0.05, 0) is 12.1 Å². The lowest BCUT2D eigenvalue weighted by Gasteiger charge is -2.21. The second-order valence-corrected chi connectivity index (χ2v) is 4.71. The number of carbonyl (C=O) groups excluding carboxylic acids is 2. The average Bonchev–Trinajstić information content (AvgIpc) is 2.37. The van der Waals surface area contributed by atoms with E-state index in [0.717, 1.165) is 12.1 Å². The number of rotatable bonds is 5. The van der Waals surface area contributed by atoms with Crippen molar-refractivity contribution in [3.05, 3.63) is 29.8 Å². The minimum Gasteiger partial charge on any atom is -0.354 e. The van der Waals surface area contributed by atoms with Crippen molar-refractivity contribution >= 4 is 17.5 Å². The van der Waals surface area contributed by atoms with Crippen LogP contribution < -0.4 is 10.2 Å². The number of anilines is 1. The Morgan fingerprint density at radius 2 is 1.90 bits per heavy atom. The summed E-state index contributed by atoms with van der Waals surface area (Å²) in [5, 5.41) is 2.66. The maximum atomic E-state index is 13.2. The molecule has 110 valence electrons. The first-order chi connectivity index (χ1) is 9.32. The third-order valence-corrected chi connectivity index (χ3v) is 2.75. The van der Waals surface area contributed by atoms with E-state index < -0.39 is 11.6 Å². The number of carbonyl (C=O) groups is 2. The van der Waals surface area contributed by atoms with Crippen molar-refractivity contribution in [1.29, 1.82) is 0 Å². The van der Waals surface area contributed by atoms with Crippen molar-refractivity contribution in [2.24, 2.45) is 5.92 Å². The van der Waals surface area contributed by atoms with E-state index in [4.69, 9.17) is 0 Å². The van der Waals surface area contributed by atoms with Gasteiger partial charge in [0.25, 0.3) is 0 Å². The molecular formula is C14H18F2N2O2. The molecule has 0 fully saturated rings. The van der Waals surface area contributed by atoms with Crippen LogP contribution in [-0.2, 0) is 9.59 Å². The molecule has 6 heteroatoms. The first-order valence-corrected chi connectivity index (χ1v) is 6.33. The van der Waals surface area contributed by atoms with Crippen molar-refractivity contribution in [1.82, 2.24) is 5.32 Å². The van der Waals surface area contributed by atoms with Gasteiger partial charge in [-0.15, -0.1) is 0 Å². The van der Waals surface area contributed by atoms with Crippen LogP contribution >= 0.6 is 0 Å². The smallest absolute Gasteiger partial charge is 0.223 e. The van der Waals surface area contributed by atoms with Gasteiger partial charge in [0.1, 0.15) is 0 Å². The Labute approximate surface area is 116 Å². The van der Waals surface area contributed by atoms with Crippen LogP contribution in [0.3, 0.4) is 0 Å². The molecule has 1 N–H and O–H groups in total. The van der Waals surface area contributed by atoms with Gasteiger partial charge in [-0.2, -0.15) is 0 Å². The molecule has 0 saturated carbocycles. The molecule has 4 nitrogen and oxygen atoms in total. The van der Waals surface area contributed by atoms with Crippen molar-refractivity contribution in [2.45, 2.75) is 20.8 Å². The van der Waals surface area contributed by atoms with Crippen LogP contribution in [-0.4, -0.2) is 24.9 Å². The summed E-state index contributed by atoms with van der Waals surface area (Å²) in [6.45, 7) is 5.28. The van der Waals surface area contributed by atoms with Gasteiger partial charge in [0.2, 0.25) is 11.8 Å². The van der Waals surface area contributed by atoms with E-state index in [9.17, 15) is 18.4 Å². The normalized spacial score (nSPS) is 10.5. The lowest BCUT2D eigenvalue weighted by molar-refractivity contribution is -0.124. The highest BCUT2D eigenvalue weighted by Crippen LogP contribution is 2.17. The van der Waals surface area contributed by atoms with Gasteiger partial charge in [-0.3, -0.25) is 9.59 Å². The minimum atomic E-state index is -1.01. The van der Waals surface area contributed by atoms with Crippen LogP contribution in [0.15, 0.2) is 18.2 Å². The van der Waals surface area contributed by atoms with E-state index in [1.807, 2.05) is 0 Å². The van der Waals surface area contributed by atoms with Crippen molar-refractivity contribution < 1.29 is 18.4 Å². The topological polar surface area (TPSA) is 49.4 Å². The largest absolute Gasteiger partial charge is 0.354 e. The molecule has 0 unspecified atom stereocenters.